The lowest BCUT2D eigenvalue weighted by atomic mass is 9.92. The number of hydrogen-bond donors (Lipinski definition) is 2. The van der Waals surface area contributed by atoms with Gasteiger partial charge < -0.3 is 10.6 Å². The molecule has 0 unspecified atom stereocenters. The quantitative estimate of drug-likeness (QED) is 0.655. The smallest absolute Gasteiger partial charge is 0.279 e. The molecule has 0 spiro atoms. The van der Waals surface area contributed by atoms with Gasteiger partial charge in [0.1, 0.15) is 6.04 Å². The number of para-hydroxylation sites is 1. The van der Waals surface area contributed by atoms with Gasteiger partial charge in [0, 0.05) is 17.7 Å². The zero-order valence-electron chi connectivity index (χ0n) is 18.0. The van der Waals surface area contributed by atoms with Gasteiger partial charge in [0.15, 0.2) is 16.4 Å². The number of carbonyl (C=O) groups excluding carboxylic acids is 1. The minimum Gasteiger partial charge on any atom is -0.332 e. The van der Waals surface area contributed by atoms with Crippen LogP contribution in [-0.2, 0) is 14.6 Å². The van der Waals surface area contributed by atoms with Crippen molar-refractivity contribution in [2.75, 3.05) is 18.1 Å². The Morgan fingerprint density at radius 2 is 1.59 bits per heavy atom. The summed E-state index contributed by atoms with van der Waals surface area (Å²) in [5.41, 5.74) is 2.85. The van der Waals surface area contributed by atoms with E-state index in [4.69, 9.17) is 0 Å². The van der Waals surface area contributed by atoms with E-state index in [9.17, 15) is 13.2 Å². The molecule has 0 bridgehead atoms. The third kappa shape index (κ3) is 6.41. The fourth-order valence-electron chi connectivity index (χ4n) is 3.40. The van der Waals surface area contributed by atoms with Crippen LogP contribution in [0.5, 0.6) is 0 Å². The summed E-state index contributed by atoms with van der Waals surface area (Å²) in [5.74, 6) is 0.662. The summed E-state index contributed by atoms with van der Waals surface area (Å²) in [6, 6.07) is 15.3. The van der Waals surface area contributed by atoms with Gasteiger partial charge in [-0.1, -0.05) is 64.1 Å². The van der Waals surface area contributed by atoms with E-state index >= 15 is 0 Å². The summed E-state index contributed by atoms with van der Waals surface area (Å²) in [5, 5.41) is 4.76. The first-order valence-corrected chi connectivity index (χ1v) is 12.0. The van der Waals surface area contributed by atoms with E-state index in [1.807, 2.05) is 5.32 Å². The number of anilines is 1. The first kappa shape index (κ1) is 23.1. The van der Waals surface area contributed by atoms with Crippen molar-refractivity contribution < 1.29 is 18.5 Å². The highest BCUT2D eigenvalue weighted by Gasteiger charge is 2.22. The van der Waals surface area contributed by atoms with E-state index < -0.39 is 9.84 Å². The van der Waals surface area contributed by atoms with Crippen molar-refractivity contribution >= 4 is 21.4 Å². The Balaban J connectivity index is 2.07. The summed E-state index contributed by atoms with van der Waals surface area (Å²) in [6.07, 6.45) is 2.25. The first-order valence-electron chi connectivity index (χ1n) is 10.2. The van der Waals surface area contributed by atoms with Crippen LogP contribution in [0, 0.1) is 5.92 Å². The van der Waals surface area contributed by atoms with Gasteiger partial charge in [0.2, 0.25) is 0 Å². The second-order valence-electron chi connectivity index (χ2n) is 8.00. The number of benzene rings is 2. The number of rotatable bonds is 9. The van der Waals surface area contributed by atoms with Crippen molar-refractivity contribution in [1.29, 1.82) is 0 Å². The van der Waals surface area contributed by atoms with E-state index in [2.05, 4.69) is 57.3 Å². The molecule has 0 saturated heterocycles. The molecule has 0 aliphatic heterocycles. The molecule has 5 nitrogen and oxygen atoms in total. The molecule has 1 amide bonds. The SMILES string of the molecule is CC[C@@H](C)c1ccc([C@@H]([NH2+]CC(=O)Nc2ccccc2S(C)(=O)=O)C(C)C)cc1. The predicted octanol–water partition coefficient (Wildman–Crippen LogP) is 3.50. The van der Waals surface area contributed by atoms with Gasteiger partial charge in [-0.15, -0.1) is 0 Å². The Morgan fingerprint density at radius 3 is 2.14 bits per heavy atom. The van der Waals surface area contributed by atoms with Crippen molar-refractivity contribution in [3.8, 4) is 0 Å². The highest BCUT2D eigenvalue weighted by molar-refractivity contribution is 7.90. The Labute approximate surface area is 174 Å². The topological polar surface area (TPSA) is 79.8 Å². The van der Waals surface area contributed by atoms with Crippen molar-refractivity contribution in [3.05, 3.63) is 59.7 Å². The Morgan fingerprint density at radius 1 is 1.00 bits per heavy atom. The fourth-order valence-corrected chi connectivity index (χ4v) is 4.25. The molecule has 29 heavy (non-hydrogen) atoms. The van der Waals surface area contributed by atoms with Crippen LogP contribution in [-0.4, -0.2) is 27.1 Å². The van der Waals surface area contributed by atoms with Gasteiger partial charge in [0.05, 0.1) is 10.6 Å². The monoisotopic (exact) mass is 417 g/mol. The molecule has 6 heteroatoms. The highest BCUT2D eigenvalue weighted by atomic mass is 32.2. The summed E-state index contributed by atoms with van der Waals surface area (Å²) in [4.78, 5) is 12.6. The molecule has 0 aliphatic rings. The third-order valence-corrected chi connectivity index (χ3v) is 6.49. The average molecular weight is 418 g/mol. The van der Waals surface area contributed by atoms with Crippen molar-refractivity contribution in [2.24, 2.45) is 5.92 Å². The van der Waals surface area contributed by atoms with Crippen LogP contribution in [0.25, 0.3) is 0 Å². The van der Waals surface area contributed by atoms with Crippen LogP contribution in [0.2, 0.25) is 0 Å². The maximum absolute atomic E-state index is 12.5. The number of nitrogens with two attached hydrogens (primary N) is 1. The standard InChI is InChI=1S/C23H32N2O3S/c1-6-17(4)18-11-13-19(14-12-18)23(16(2)3)24-15-22(26)25-20-9-7-8-10-21(20)29(5,27)28/h7-14,16-17,23-24H,6,15H2,1-5H3,(H,25,26)/p+1/t17-,23+/m1/s1. The molecule has 0 heterocycles. The van der Waals surface area contributed by atoms with Crippen LogP contribution in [0.15, 0.2) is 53.4 Å². The van der Waals surface area contributed by atoms with Gasteiger partial charge in [-0.05, 0) is 30.0 Å². The maximum atomic E-state index is 12.5. The molecule has 0 fully saturated rings. The predicted molar refractivity (Wildman–Crippen MR) is 118 cm³/mol. The van der Waals surface area contributed by atoms with E-state index in [0.717, 1.165) is 12.7 Å². The first-order chi connectivity index (χ1) is 13.6. The Kier molecular flexibility index (Phi) is 7.99. The van der Waals surface area contributed by atoms with Crippen molar-refractivity contribution in [1.82, 2.24) is 0 Å². The molecule has 3 N–H and O–H groups in total. The highest BCUT2D eigenvalue weighted by Crippen LogP contribution is 2.23. The molecular formula is C23H33N2O3S+. The van der Waals surface area contributed by atoms with Crippen LogP contribution in [0.1, 0.15) is 57.2 Å². The Hall–Kier alpha value is -2.18. The number of hydrogen-bond acceptors (Lipinski definition) is 3. The fraction of sp³-hybridized carbons (Fsp3) is 0.435. The zero-order chi connectivity index (χ0) is 21.6. The number of quaternary nitrogens is 1. The second kappa shape index (κ2) is 10.0. The normalized spacial score (nSPS) is 13.9. The Bertz CT molecular complexity index is 921. The third-order valence-electron chi connectivity index (χ3n) is 5.34. The summed E-state index contributed by atoms with van der Waals surface area (Å²) >= 11 is 0. The molecule has 0 aromatic heterocycles. The molecule has 2 atom stereocenters. The molecule has 0 aliphatic carbocycles. The zero-order valence-corrected chi connectivity index (χ0v) is 18.8. The van der Waals surface area contributed by atoms with E-state index in [1.54, 1.807) is 18.2 Å². The van der Waals surface area contributed by atoms with Gasteiger partial charge in [0.25, 0.3) is 5.91 Å². The number of amides is 1. The van der Waals surface area contributed by atoms with Crippen LogP contribution in [0.4, 0.5) is 5.69 Å². The van der Waals surface area contributed by atoms with E-state index in [-0.39, 0.29) is 23.4 Å². The summed E-state index contributed by atoms with van der Waals surface area (Å²) in [7, 11) is -3.41. The number of carbonyl (C=O) groups is 1. The molecule has 2 aromatic rings. The lowest BCUT2D eigenvalue weighted by Gasteiger charge is -2.20. The molecule has 0 radical (unpaired) electrons. The van der Waals surface area contributed by atoms with E-state index in [1.165, 1.54) is 17.2 Å². The lowest BCUT2D eigenvalue weighted by molar-refractivity contribution is -0.692. The van der Waals surface area contributed by atoms with Gasteiger partial charge in [-0.3, -0.25) is 4.79 Å². The largest absolute Gasteiger partial charge is 0.332 e. The molecule has 2 rings (SSSR count). The second-order valence-corrected chi connectivity index (χ2v) is 9.99. The molecular weight excluding hydrogens is 384 g/mol. The lowest BCUT2D eigenvalue weighted by Crippen LogP contribution is -2.88. The average Bonchev–Trinajstić information content (AvgIpc) is 2.67. The molecule has 158 valence electrons. The maximum Gasteiger partial charge on any atom is 0.279 e. The van der Waals surface area contributed by atoms with Crippen molar-refractivity contribution in [2.45, 2.75) is 51.0 Å². The molecule has 0 saturated carbocycles. The van der Waals surface area contributed by atoms with Crippen molar-refractivity contribution in [3.63, 3.8) is 0 Å². The molecule has 2 aromatic carbocycles. The summed E-state index contributed by atoms with van der Waals surface area (Å²) < 4.78 is 23.8. The van der Waals surface area contributed by atoms with Crippen LogP contribution in [0.3, 0.4) is 0 Å². The van der Waals surface area contributed by atoms with E-state index in [0.29, 0.717) is 17.5 Å². The number of nitrogens with one attached hydrogen (secondary N) is 1. The van der Waals surface area contributed by atoms with Gasteiger partial charge >= 0.3 is 0 Å². The van der Waals surface area contributed by atoms with Crippen LogP contribution >= 0.6 is 0 Å². The van der Waals surface area contributed by atoms with Crippen LogP contribution < -0.4 is 10.6 Å². The van der Waals surface area contributed by atoms with Gasteiger partial charge in [-0.2, -0.15) is 0 Å². The minimum absolute atomic E-state index is 0.134. The number of sulfone groups is 1. The van der Waals surface area contributed by atoms with Gasteiger partial charge in [-0.25, -0.2) is 8.42 Å². The summed E-state index contributed by atoms with van der Waals surface area (Å²) in [6.45, 7) is 8.90. The minimum atomic E-state index is -3.41.